The molecule has 0 atom stereocenters. The van der Waals surface area contributed by atoms with E-state index in [1.807, 2.05) is 62.4 Å². The van der Waals surface area contributed by atoms with Crippen LogP contribution in [0.4, 0.5) is 0 Å². The number of nitrogens with one attached hydrogen (secondary N) is 1. The maximum absolute atomic E-state index is 12.5. The number of rotatable bonds is 7. The summed E-state index contributed by atoms with van der Waals surface area (Å²) in [6.45, 7) is 3.84. The van der Waals surface area contributed by atoms with Gasteiger partial charge in [-0.05, 0) is 54.8 Å². The van der Waals surface area contributed by atoms with Crippen LogP contribution in [0.25, 0.3) is 11.0 Å². The highest BCUT2D eigenvalue weighted by Gasteiger charge is 2.15. The van der Waals surface area contributed by atoms with Gasteiger partial charge < -0.3 is 19.2 Å². The molecule has 0 aliphatic carbocycles. The second kappa shape index (κ2) is 10.0. The fraction of sp³-hybridized carbons (Fsp3) is 0.148. The largest absolute Gasteiger partial charge is 0.482 e. The van der Waals surface area contributed by atoms with Crippen molar-refractivity contribution in [2.24, 2.45) is 0 Å². The molecule has 34 heavy (non-hydrogen) atoms. The van der Waals surface area contributed by atoms with Crippen molar-refractivity contribution in [2.45, 2.75) is 20.4 Å². The highest BCUT2D eigenvalue weighted by molar-refractivity contribution is 5.96. The van der Waals surface area contributed by atoms with E-state index in [-0.39, 0.29) is 30.0 Å². The molecule has 4 rings (SSSR count). The van der Waals surface area contributed by atoms with E-state index in [1.165, 1.54) is 12.1 Å². The van der Waals surface area contributed by atoms with Gasteiger partial charge in [-0.2, -0.15) is 0 Å². The summed E-state index contributed by atoms with van der Waals surface area (Å²) < 4.78 is 16.2. The molecule has 1 heterocycles. The topological polar surface area (TPSA) is 94.8 Å². The van der Waals surface area contributed by atoms with Gasteiger partial charge in [-0.15, -0.1) is 0 Å². The van der Waals surface area contributed by atoms with Gasteiger partial charge in [0.25, 0.3) is 5.91 Å². The predicted molar refractivity (Wildman–Crippen MR) is 127 cm³/mol. The van der Waals surface area contributed by atoms with Gasteiger partial charge in [0.15, 0.2) is 6.61 Å². The first kappa shape index (κ1) is 22.8. The van der Waals surface area contributed by atoms with E-state index in [0.29, 0.717) is 11.1 Å². The monoisotopic (exact) mass is 457 g/mol. The van der Waals surface area contributed by atoms with E-state index in [4.69, 9.17) is 13.9 Å². The average molecular weight is 457 g/mol. The second-order valence-corrected chi connectivity index (χ2v) is 7.85. The van der Waals surface area contributed by atoms with Crippen LogP contribution in [0.3, 0.4) is 0 Å². The minimum Gasteiger partial charge on any atom is -0.482 e. The zero-order chi connectivity index (χ0) is 24.1. The van der Waals surface area contributed by atoms with Crippen molar-refractivity contribution in [1.29, 1.82) is 0 Å². The summed E-state index contributed by atoms with van der Waals surface area (Å²) in [5, 5.41) is 3.23. The predicted octanol–water partition coefficient (Wildman–Crippen LogP) is 4.32. The fourth-order valence-corrected chi connectivity index (χ4v) is 3.35. The van der Waals surface area contributed by atoms with E-state index in [0.717, 1.165) is 16.7 Å². The van der Waals surface area contributed by atoms with Crippen LogP contribution >= 0.6 is 0 Å². The molecule has 0 bridgehead atoms. The van der Waals surface area contributed by atoms with Crippen LogP contribution in [0, 0.1) is 13.8 Å². The van der Waals surface area contributed by atoms with Crippen molar-refractivity contribution in [1.82, 2.24) is 5.32 Å². The van der Waals surface area contributed by atoms with Gasteiger partial charge in [0.05, 0.1) is 0 Å². The van der Waals surface area contributed by atoms with Crippen molar-refractivity contribution in [3.63, 3.8) is 0 Å². The van der Waals surface area contributed by atoms with Crippen molar-refractivity contribution < 1.29 is 23.5 Å². The molecule has 3 aromatic carbocycles. The summed E-state index contributed by atoms with van der Waals surface area (Å²) >= 11 is 0. The third kappa shape index (κ3) is 5.50. The average Bonchev–Trinajstić information content (AvgIpc) is 2.83. The molecular weight excluding hydrogens is 434 g/mol. The number of ether oxygens (including phenoxy) is 2. The Hall–Kier alpha value is -4.39. The van der Waals surface area contributed by atoms with Gasteiger partial charge in [0, 0.05) is 18.0 Å². The normalized spacial score (nSPS) is 10.6. The molecule has 4 aromatic rings. The number of fused-ring (bicyclic) bond motifs is 1. The zero-order valence-corrected chi connectivity index (χ0v) is 18.8. The molecule has 1 aromatic heterocycles. The lowest BCUT2D eigenvalue weighted by Crippen LogP contribution is -2.27. The van der Waals surface area contributed by atoms with E-state index < -0.39 is 17.5 Å². The van der Waals surface area contributed by atoms with Gasteiger partial charge in [0.1, 0.15) is 22.6 Å². The molecule has 172 valence electrons. The van der Waals surface area contributed by atoms with Gasteiger partial charge >= 0.3 is 11.6 Å². The van der Waals surface area contributed by atoms with E-state index in [2.05, 4.69) is 5.32 Å². The Bertz CT molecular complexity index is 1410. The summed E-state index contributed by atoms with van der Waals surface area (Å²) in [5.41, 5.74) is 2.16. The molecule has 0 spiro atoms. The number of aryl methyl sites for hydroxylation is 2. The third-order valence-electron chi connectivity index (χ3n) is 5.17. The number of benzene rings is 3. The minimum atomic E-state index is -0.778. The van der Waals surface area contributed by atoms with Crippen LogP contribution in [0.15, 0.2) is 82.0 Å². The van der Waals surface area contributed by atoms with Gasteiger partial charge in [0.2, 0.25) is 0 Å². The summed E-state index contributed by atoms with van der Waals surface area (Å²) in [4.78, 5) is 37.1. The molecule has 1 amide bonds. The molecule has 0 saturated carbocycles. The van der Waals surface area contributed by atoms with Crippen LogP contribution in [0.1, 0.15) is 27.0 Å². The number of hydrogen-bond acceptors (Lipinski definition) is 6. The smallest absolute Gasteiger partial charge is 0.349 e. The van der Waals surface area contributed by atoms with Crippen LogP contribution < -0.4 is 20.4 Å². The molecule has 7 heteroatoms. The van der Waals surface area contributed by atoms with Crippen LogP contribution in [-0.2, 0) is 11.3 Å². The summed E-state index contributed by atoms with van der Waals surface area (Å²) in [5.74, 6) is -0.316. The lowest BCUT2D eigenvalue weighted by molar-refractivity contribution is -0.136. The van der Waals surface area contributed by atoms with Gasteiger partial charge in [-0.3, -0.25) is 4.79 Å². The first-order valence-electron chi connectivity index (χ1n) is 10.7. The van der Waals surface area contributed by atoms with Crippen molar-refractivity contribution in [2.75, 3.05) is 6.61 Å². The van der Waals surface area contributed by atoms with Crippen LogP contribution in [0.5, 0.6) is 11.5 Å². The van der Waals surface area contributed by atoms with E-state index in [1.54, 1.807) is 12.1 Å². The lowest BCUT2D eigenvalue weighted by Gasteiger charge is -2.10. The molecule has 0 unspecified atom stereocenters. The SMILES string of the molecule is Cc1ccc(C)c(OCC(=O)Oc2ccc3cc(C(=O)NCc4ccccc4)c(=O)oc3c2)c1. The molecule has 0 aliphatic rings. The first-order chi connectivity index (χ1) is 16.4. The maximum atomic E-state index is 12.5. The van der Waals surface area contributed by atoms with Gasteiger partial charge in [-0.25, -0.2) is 9.59 Å². The quantitative estimate of drug-likeness (QED) is 0.252. The molecule has 0 aliphatic heterocycles. The van der Waals surface area contributed by atoms with E-state index in [9.17, 15) is 14.4 Å². The van der Waals surface area contributed by atoms with Crippen LogP contribution in [0.2, 0.25) is 0 Å². The molecule has 7 nitrogen and oxygen atoms in total. The highest BCUT2D eigenvalue weighted by atomic mass is 16.6. The van der Waals surface area contributed by atoms with E-state index >= 15 is 0 Å². The summed E-state index contributed by atoms with van der Waals surface area (Å²) in [6, 6.07) is 21.1. The fourth-order valence-electron chi connectivity index (χ4n) is 3.35. The Morgan fingerprint density at radius 3 is 2.53 bits per heavy atom. The Balaban J connectivity index is 1.42. The Morgan fingerprint density at radius 2 is 1.74 bits per heavy atom. The molecule has 0 saturated heterocycles. The zero-order valence-electron chi connectivity index (χ0n) is 18.8. The molecule has 0 radical (unpaired) electrons. The number of hydrogen-bond donors (Lipinski definition) is 1. The number of esters is 1. The molecular formula is C27H23NO6. The molecule has 1 N–H and O–H groups in total. The summed E-state index contributed by atoms with van der Waals surface area (Å²) in [7, 11) is 0. The third-order valence-corrected chi connectivity index (χ3v) is 5.17. The lowest BCUT2D eigenvalue weighted by atomic mass is 10.1. The number of carbonyl (C=O) groups is 2. The summed E-state index contributed by atoms with van der Waals surface area (Å²) in [6.07, 6.45) is 0. The van der Waals surface area contributed by atoms with Gasteiger partial charge in [-0.1, -0.05) is 42.5 Å². The second-order valence-electron chi connectivity index (χ2n) is 7.85. The highest BCUT2D eigenvalue weighted by Crippen LogP contribution is 2.22. The van der Waals surface area contributed by atoms with Crippen molar-refractivity contribution in [3.8, 4) is 11.5 Å². The standard InChI is InChI=1S/C27H23NO6/c1-17-8-9-18(2)23(12-17)32-16-25(29)33-21-11-10-20-13-22(27(31)34-24(20)14-21)26(30)28-15-19-6-4-3-5-7-19/h3-14H,15-16H2,1-2H3,(H,28,30). The van der Waals surface area contributed by atoms with Crippen molar-refractivity contribution >= 4 is 22.8 Å². The molecule has 0 fully saturated rings. The maximum Gasteiger partial charge on any atom is 0.349 e. The number of carbonyl (C=O) groups excluding carboxylic acids is 2. The first-order valence-corrected chi connectivity index (χ1v) is 10.7. The Labute approximate surface area is 195 Å². The van der Waals surface area contributed by atoms with Crippen LogP contribution in [-0.4, -0.2) is 18.5 Å². The minimum absolute atomic E-state index is 0.102. The Kier molecular flexibility index (Phi) is 6.73. The Morgan fingerprint density at radius 1 is 0.941 bits per heavy atom. The number of amides is 1. The van der Waals surface area contributed by atoms with Crippen molar-refractivity contribution in [3.05, 3.63) is 105 Å².